The third-order valence-corrected chi connectivity index (χ3v) is 4.01. The van der Waals surface area contributed by atoms with Gasteiger partial charge >= 0.3 is 0 Å². The average Bonchev–Trinajstić information content (AvgIpc) is 3.12. The molecule has 2 nitrogen and oxygen atoms in total. The van der Waals surface area contributed by atoms with Crippen LogP contribution in [0.2, 0.25) is 5.02 Å². The van der Waals surface area contributed by atoms with Gasteiger partial charge < -0.3 is 5.32 Å². The quantitative estimate of drug-likeness (QED) is 0.897. The highest BCUT2D eigenvalue weighted by atomic mass is 79.9. The summed E-state index contributed by atoms with van der Waals surface area (Å²) in [4.78, 5) is 11.9. The van der Waals surface area contributed by atoms with Crippen molar-refractivity contribution < 1.29 is 4.79 Å². The summed E-state index contributed by atoms with van der Waals surface area (Å²) in [5, 5.41) is 3.43. The third-order valence-electron chi connectivity index (χ3n) is 3.18. The van der Waals surface area contributed by atoms with Gasteiger partial charge in [-0.3, -0.25) is 4.79 Å². The van der Waals surface area contributed by atoms with Gasteiger partial charge in [0.1, 0.15) is 0 Å². The summed E-state index contributed by atoms with van der Waals surface area (Å²) in [5.41, 5.74) is 0.532. The van der Waals surface area contributed by atoms with Crippen molar-refractivity contribution in [3.05, 3.63) is 33.3 Å². The van der Waals surface area contributed by atoms with Gasteiger partial charge in [0.05, 0.1) is 10.6 Å². The molecular weight excluding hydrogens is 302 g/mol. The molecule has 1 atom stereocenters. The molecule has 1 aromatic rings. The van der Waals surface area contributed by atoms with Gasteiger partial charge in [-0.15, -0.1) is 0 Å². The molecule has 0 aliphatic heterocycles. The number of amides is 1. The van der Waals surface area contributed by atoms with Gasteiger partial charge in [0.25, 0.3) is 5.91 Å². The van der Waals surface area contributed by atoms with Crippen LogP contribution < -0.4 is 5.32 Å². The highest BCUT2D eigenvalue weighted by molar-refractivity contribution is 9.10. The Bertz CT molecular complexity index is 431. The van der Waals surface area contributed by atoms with Crippen LogP contribution in [-0.4, -0.2) is 12.5 Å². The van der Waals surface area contributed by atoms with Crippen LogP contribution in [0.25, 0.3) is 0 Å². The molecule has 1 aliphatic rings. The minimum Gasteiger partial charge on any atom is -0.352 e. The van der Waals surface area contributed by atoms with Crippen LogP contribution in [0.15, 0.2) is 22.7 Å². The Morgan fingerprint density at radius 2 is 2.29 bits per heavy atom. The van der Waals surface area contributed by atoms with E-state index in [2.05, 4.69) is 28.2 Å². The molecule has 1 saturated carbocycles. The summed E-state index contributed by atoms with van der Waals surface area (Å²) >= 11 is 9.34. The minimum absolute atomic E-state index is 0.0937. The molecule has 0 spiro atoms. The molecule has 92 valence electrons. The first-order valence-electron chi connectivity index (χ1n) is 5.81. The van der Waals surface area contributed by atoms with Crippen molar-refractivity contribution >= 4 is 33.4 Å². The average molecular weight is 317 g/mol. The summed E-state index contributed by atoms with van der Waals surface area (Å²) in [6.45, 7) is 2.91. The molecule has 17 heavy (non-hydrogen) atoms. The van der Waals surface area contributed by atoms with E-state index in [1.54, 1.807) is 12.1 Å². The Morgan fingerprint density at radius 3 is 2.94 bits per heavy atom. The zero-order valence-electron chi connectivity index (χ0n) is 9.67. The number of carbonyl (C=O) groups excluding carboxylic acids is 1. The van der Waals surface area contributed by atoms with Gasteiger partial charge in [-0.05, 0) is 42.9 Å². The molecule has 4 heteroatoms. The van der Waals surface area contributed by atoms with Crippen LogP contribution in [0.5, 0.6) is 0 Å². The number of carbonyl (C=O) groups is 1. The first-order chi connectivity index (χ1) is 8.08. The van der Waals surface area contributed by atoms with Crippen LogP contribution in [0, 0.1) is 11.8 Å². The molecule has 0 radical (unpaired) electrons. The molecule has 0 heterocycles. The Morgan fingerprint density at radius 1 is 1.59 bits per heavy atom. The summed E-state index contributed by atoms with van der Waals surface area (Å²) in [6.07, 6.45) is 2.60. The van der Waals surface area contributed by atoms with E-state index in [0.29, 0.717) is 16.5 Å². The number of rotatable bonds is 4. The highest BCUT2D eigenvalue weighted by Gasteiger charge is 2.28. The Hall–Kier alpha value is -0.540. The molecule has 2 rings (SSSR count). The Balaban J connectivity index is 1.96. The van der Waals surface area contributed by atoms with E-state index in [1.165, 1.54) is 12.8 Å². The largest absolute Gasteiger partial charge is 0.352 e. The lowest BCUT2D eigenvalue weighted by Crippen LogP contribution is -2.29. The summed E-state index contributed by atoms with van der Waals surface area (Å²) in [7, 11) is 0. The lowest BCUT2D eigenvalue weighted by Gasteiger charge is -2.12. The van der Waals surface area contributed by atoms with E-state index >= 15 is 0 Å². The number of halogens is 2. The fourth-order valence-electron chi connectivity index (χ4n) is 1.85. The standard InChI is InChI=1S/C13H15BrClNO/c1-8(9-2-3-9)7-16-13(17)11-6-10(14)4-5-12(11)15/h4-6,8-9H,2-3,7H2,1H3,(H,16,17). The monoisotopic (exact) mass is 315 g/mol. The molecule has 0 bridgehead atoms. The normalized spacial score (nSPS) is 16.6. The lowest BCUT2D eigenvalue weighted by atomic mass is 10.1. The van der Waals surface area contributed by atoms with Gasteiger partial charge in [0.2, 0.25) is 0 Å². The zero-order valence-corrected chi connectivity index (χ0v) is 12.0. The molecule has 1 N–H and O–H groups in total. The minimum atomic E-state index is -0.0937. The second-order valence-electron chi connectivity index (χ2n) is 4.65. The van der Waals surface area contributed by atoms with Crippen molar-refractivity contribution in [2.45, 2.75) is 19.8 Å². The van der Waals surface area contributed by atoms with E-state index in [-0.39, 0.29) is 5.91 Å². The maximum absolute atomic E-state index is 11.9. The topological polar surface area (TPSA) is 29.1 Å². The van der Waals surface area contributed by atoms with Gasteiger partial charge in [-0.1, -0.05) is 34.5 Å². The number of hydrogen-bond donors (Lipinski definition) is 1. The third kappa shape index (κ3) is 3.46. The van der Waals surface area contributed by atoms with E-state index in [4.69, 9.17) is 11.6 Å². The second-order valence-corrected chi connectivity index (χ2v) is 5.97. The van der Waals surface area contributed by atoms with Crippen LogP contribution in [-0.2, 0) is 0 Å². The number of benzene rings is 1. The predicted molar refractivity (Wildman–Crippen MR) is 73.4 cm³/mol. The predicted octanol–water partition coefficient (Wildman–Crippen LogP) is 3.88. The van der Waals surface area contributed by atoms with Crippen molar-refractivity contribution in [1.29, 1.82) is 0 Å². The van der Waals surface area contributed by atoms with Gasteiger partial charge in [0, 0.05) is 11.0 Å². The van der Waals surface area contributed by atoms with Crippen LogP contribution >= 0.6 is 27.5 Å². The van der Waals surface area contributed by atoms with Crippen molar-refractivity contribution in [2.24, 2.45) is 11.8 Å². The van der Waals surface area contributed by atoms with Gasteiger partial charge in [0.15, 0.2) is 0 Å². The molecular formula is C13H15BrClNO. The molecule has 1 fully saturated rings. The molecule has 1 unspecified atom stereocenters. The van der Waals surface area contributed by atoms with E-state index in [1.807, 2.05) is 6.07 Å². The number of nitrogens with one attached hydrogen (secondary N) is 1. The SMILES string of the molecule is CC(CNC(=O)c1cc(Br)ccc1Cl)C1CC1. The van der Waals surface area contributed by atoms with Crippen molar-refractivity contribution in [3.8, 4) is 0 Å². The summed E-state index contributed by atoms with van der Waals surface area (Å²) in [6, 6.07) is 5.30. The van der Waals surface area contributed by atoms with E-state index in [0.717, 1.165) is 16.9 Å². The van der Waals surface area contributed by atoms with Gasteiger partial charge in [-0.2, -0.15) is 0 Å². The molecule has 1 amide bonds. The van der Waals surface area contributed by atoms with E-state index < -0.39 is 0 Å². The molecule has 1 aliphatic carbocycles. The number of hydrogen-bond acceptors (Lipinski definition) is 1. The Kier molecular flexibility index (Phi) is 4.10. The highest BCUT2D eigenvalue weighted by Crippen LogP contribution is 2.36. The maximum atomic E-state index is 11.9. The second kappa shape index (κ2) is 5.40. The fraction of sp³-hybridized carbons (Fsp3) is 0.462. The van der Waals surface area contributed by atoms with Crippen molar-refractivity contribution in [3.63, 3.8) is 0 Å². The van der Waals surface area contributed by atoms with Gasteiger partial charge in [-0.25, -0.2) is 0 Å². The van der Waals surface area contributed by atoms with Crippen LogP contribution in [0.4, 0.5) is 0 Å². The van der Waals surface area contributed by atoms with Crippen molar-refractivity contribution in [2.75, 3.05) is 6.54 Å². The molecule has 1 aromatic carbocycles. The summed E-state index contributed by atoms with van der Waals surface area (Å²) in [5.74, 6) is 1.27. The first kappa shape index (κ1) is 12.9. The maximum Gasteiger partial charge on any atom is 0.252 e. The van der Waals surface area contributed by atoms with E-state index in [9.17, 15) is 4.79 Å². The fourth-order valence-corrected chi connectivity index (χ4v) is 2.42. The summed E-state index contributed by atoms with van der Waals surface area (Å²) < 4.78 is 0.863. The zero-order chi connectivity index (χ0) is 12.4. The molecule has 0 saturated heterocycles. The smallest absolute Gasteiger partial charge is 0.252 e. The first-order valence-corrected chi connectivity index (χ1v) is 6.98. The van der Waals surface area contributed by atoms with Crippen molar-refractivity contribution in [1.82, 2.24) is 5.32 Å². The van der Waals surface area contributed by atoms with Crippen LogP contribution in [0.1, 0.15) is 30.1 Å². The Labute approximate surface area is 115 Å². The van der Waals surface area contributed by atoms with Crippen LogP contribution in [0.3, 0.4) is 0 Å². The lowest BCUT2D eigenvalue weighted by molar-refractivity contribution is 0.0947. The molecule has 0 aromatic heterocycles.